The number of carboxylic acids is 1. The number of rotatable bonds is 5. The maximum Gasteiger partial charge on any atom is 0.328 e. The lowest BCUT2D eigenvalue weighted by Crippen LogP contribution is -2.40. The van der Waals surface area contributed by atoms with Crippen molar-refractivity contribution in [2.24, 2.45) is 0 Å². The van der Waals surface area contributed by atoms with Gasteiger partial charge in [0.25, 0.3) is 0 Å². The molecule has 1 rings (SSSR count). The molecule has 0 aromatic heterocycles. The van der Waals surface area contributed by atoms with E-state index in [9.17, 15) is 9.18 Å². The van der Waals surface area contributed by atoms with Crippen molar-refractivity contribution in [3.63, 3.8) is 0 Å². The van der Waals surface area contributed by atoms with Gasteiger partial charge < -0.3 is 9.53 Å². The Hall–Kier alpha value is -0.883. The zero-order valence-electron chi connectivity index (χ0n) is 13.8. The molecular formula is C16H21Cl2FO3Si. The van der Waals surface area contributed by atoms with Gasteiger partial charge in [-0.25, -0.2) is 9.18 Å². The van der Waals surface area contributed by atoms with E-state index in [-0.39, 0.29) is 27.3 Å². The number of benzene rings is 1. The molecule has 23 heavy (non-hydrogen) atoms. The lowest BCUT2D eigenvalue weighted by Gasteiger charge is -2.36. The average molecular weight is 379 g/mol. The summed E-state index contributed by atoms with van der Waals surface area (Å²) in [6.45, 7) is 10.6. The fraction of sp³-hybridized carbons (Fsp3) is 0.438. The van der Waals surface area contributed by atoms with E-state index in [4.69, 9.17) is 32.7 Å². The van der Waals surface area contributed by atoms with Crippen LogP contribution in [0.15, 0.2) is 12.1 Å². The molecule has 0 bridgehead atoms. The van der Waals surface area contributed by atoms with Crippen molar-refractivity contribution < 1.29 is 18.7 Å². The van der Waals surface area contributed by atoms with E-state index in [1.165, 1.54) is 6.07 Å². The van der Waals surface area contributed by atoms with E-state index >= 15 is 0 Å². The highest BCUT2D eigenvalue weighted by molar-refractivity contribution is 6.74. The van der Waals surface area contributed by atoms with Crippen LogP contribution in [0.2, 0.25) is 28.2 Å². The summed E-state index contributed by atoms with van der Waals surface area (Å²) in [6.07, 6.45) is 1.95. The molecule has 0 atom stereocenters. The van der Waals surface area contributed by atoms with Crippen molar-refractivity contribution in [2.45, 2.75) is 45.5 Å². The summed E-state index contributed by atoms with van der Waals surface area (Å²) in [7, 11) is -2.03. The standard InChI is InChI=1S/C16H21Cl2FO3Si/c1-16(2,3)23(4,5)22-9-11-12(17)8-10(6-7-13(20)21)15(19)14(11)18/h6-8H,9H2,1-5H3,(H,20,21)/b7-6+. The minimum atomic E-state index is -2.03. The summed E-state index contributed by atoms with van der Waals surface area (Å²) in [5.41, 5.74) is 0.404. The predicted molar refractivity (Wildman–Crippen MR) is 95.1 cm³/mol. The van der Waals surface area contributed by atoms with Gasteiger partial charge in [-0.15, -0.1) is 0 Å². The molecule has 1 aromatic rings. The first-order valence-corrected chi connectivity index (χ1v) is 10.7. The SMILES string of the molecule is CC(C)(C)[Si](C)(C)OCc1c(Cl)cc(/C=C/C(=O)O)c(F)c1Cl. The third-order valence-corrected chi connectivity index (χ3v) is 9.28. The van der Waals surface area contributed by atoms with E-state index in [2.05, 4.69) is 33.9 Å². The number of aliphatic carboxylic acids is 1. The molecule has 0 heterocycles. The molecule has 0 aliphatic rings. The van der Waals surface area contributed by atoms with Crippen LogP contribution in [0.5, 0.6) is 0 Å². The van der Waals surface area contributed by atoms with E-state index in [0.717, 1.165) is 12.2 Å². The second-order valence-electron chi connectivity index (χ2n) is 6.77. The Kier molecular flexibility index (Phi) is 6.44. The van der Waals surface area contributed by atoms with Gasteiger partial charge in [0.1, 0.15) is 5.82 Å². The monoisotopic (exact) mass is 378 g/mol. The molecule has 1 N–H and O–H groups in total. The summed E-state index contributed by atoms with van der Waals surface area (Å²) < 4.78 is 20.3. The van der Waals surface area contributed by atoms with Crippen molar-refractivity contribution >= 4 is 43.6 Å². The first-order valence-electron chi connectivity index (χ1n) is 7.08. The quantitative estimate of drug-likeness (QED) is 0.402. The van der Waals surface area contributed by atoms with Crippen LogP contribution in [-0.2, 0) is 15.8 Å². The topological polar surface area (TPSA) is 46.5 Å². The zero-order chi connectivity index (χ0) is 18.0. The highest BCUT2D eigenvalue weighted by atomic mass is 35.5. The first kappa shape index (κ1) is 20.2. The molecule has 0 saturated carbocycles. The van der Waals surface area contributed by atoms with E-state index in [1.807, 2.05) is 0 Å². The van der Waals surface area contributed by atoms with Crippen LogP contribution in [0.4, 0.5) is 4.39 Å². The minimum absolute atomic E-state index is 0.00859. The highest BCUT2D eigenvalue weighted by Gasteiger charge is 2.37. The van der Waals surface area contributed by atoms with Gasteiger partial charge in [-0.3, -0.25) is 0 Å². The van der Waals surface area contributed by atoms with Crippen molar-refractivity contribution in [2.75, 3.05) is 0 Å². The fourth-order valence-electron chi connectivity index (χ4n) is 1.53. The minimum Gasteiger partial charge on any atom is -0.478 e. The number of carbonyl (C=O) groups is 1. The first-order chi connectivity index (χ1) is 10.4. The van der Waals surface area contributed by atoms with E-state index < -0.39 is 20.1 Å². The Morgan fingerprint density at radius 1 is 1.39 bits per heavy atom. The van der Waals surface area contributed by atoms with Crippen molar-refractivity contribution in [3.8, 4) is 0 Å². The summed E-state index contributed by atoms with van der Waals surface area (Å²) in [5.74, 6) is -1.88. The van der Waals surface area contributed by atoms with Crippen LogP contribution in [0, 0.1) is 5.82 Å². The molecule has 0 fully saturated rings. The molecule has 0 aliphatic carbocycles. The molecule has 0 unspecified atom stereocenters. The largest absolute Gasteiger partial charge is 0.478 e. The molecule has 3 nitrogen and oxygen atoms in total. The Balaban J connectivity index is 3.11. The maximum atomic E-state index is 14.3. The van der Waals surface area contributed by atoms with Crippen molar-refractivity contribution in [1.29, 1.82) is 0 Å². The zero-order valence-corrected chi connectivity index (χ0v) is 16.3. The number of halogens is 3. The summed E-state index contributed by atoms with van der Waals surface area (Å²) in [4.78, 5) is 10.5. The smallest absolute Gasteiger partial charge is 0.328 e. The van der Waals surface area contributed by atoms with Gasteiger partial charge in [-0.1, -0.05) is 44.0 Å². The van der Waals surface area contributed by atoms with E-state index in [1.54, 1.807) is 0 Å². The van der Waals surface area contributed by atoms with Gasteiger partial charge in [0.2, 0.25) is 0 Å². The predicted octanol–water partition coefficient (Wildman–Crippen LogP) is 5.75. The number of carboxylic acid groups (broad SMARTS) is 1. The molecule has 0 aliphatic heterocycles. The van der Waals surface area contributed by atoms with Crippen LogP contribution < -0.4 is 0 Å². The summed E-state index contributed by atoms with van der Waals surface area (Å²) >= 11 is 12.2. The summed E-state index contributed by atoms with van der Waals surface area (Å²) in [5, 5.41) is 8.74. The molecule has 0 saturated heterocycles. The van der Waals surface area contributed by atoms with Gasteiger partial charge in [0.05, 0.1) is 11.6 Å². The Morgan fingerprint density at radius 2 is 1.96 bits per heavy atom. The van der Waals surface area contributed by atoms with Crippen LogP contribution in [0.25, 0.3) is 6.08 Å². The van der Waals surface area contributed by atoms with Gasteiger partial charge in [0.15, 0.2) is 8.32 Å². The second-order valence-corrected chi connectivity index (χ2v) is 12.4. The Labute approximate surface area is 147 Å². The summed E-state index contributed by atoms with van der Waals surface area (Å²) in [6, 6.07) is 1.35. The number of hydrogen-bond acceptors (Lipinski definition) is 2. The van der Waals surface area contributed by atoms with Crippen molar-refractivity contribution in [3.05, 3.63) is 39.1 Å². The van der Waals surface area contributed by atoms with Gasteiger partial charge in [0, 0.05) is 22.2 Å². The molecule has 7 heteroatoms. The number of hydrogen-bond donors (Lipinski definition) is 1. The third-order valence-electron chi connectivity index (χ3n) is 4.07. The normalized spacial score (nSPS) is 12.9. The van der Waals surface area contributed by atoms with Crippen LogP contribution in [0.1, 0.15) is 31.9 Å². The molecule has 1 aromatic carbocycles. The molecule has 0 radical (unpaired) electrons. The van der Waals surface area contributed by atoms with Gasteiger partial charge >= 0.3 is 5.97 Å². The average Bonchev–Trinajstić information content (AvgIpc) is 2.39. The molecular weight excluding hydrogens is 358 g/mol. The van der Waals surface area contributed by atoms with Crippen LogP contribution in [0.3, 0.4) is 0 Å². The van der Waals surface area contributed by atoms with Crippen molar-refractivity contribution in [1.82, 2.24) is 0 Å². The maximum absolute atomic E-state index is 14.3. The highest BCUT2D eigenvalue weighted by Crippen LogP contribution is 2.39. The molecule has 128 valence electrons. The van der Waals surface area contributed by atoms with Crippen LogP contribution in [-0.4, -0.2) is 19.4 Å². The van der Waals surface area contributed by atoms with Crippen LogP contribution >= 0.6 is 23.2 Å². The lowest BCUT2D eigenvalue weighted by atomic mass is 10.1. The van der Waals surface area contributed by atoms with Gasteiger partial charge in [-0.05, 0) is 30.3 Å². The Morgan fingerprint density at radius 3 is 2.43 bits per heavy atom. The van der Waals surface area contributed by atoms with Gasteiger partial charge in [-0.2, -0.15) is 0 Å². The molecule has 0 amide bonds. The van der Waals surface area contributed by atoms with E-state index in [0.29, 0.717) is 5.56 Å². The fourth-order valence-corrected chi connectivity index (χ4v) is 3.05. The third kappa shape index (κ3) is 5.04. The Bertz CT molecular complexity index is 637. The molecule has 0 spiro atoms. The second kappa shape index (κ2) is 7.34. The lowest BCUT2D eigenvalue weighted by molar-refractivity contribution is -0.131.